The smallest absolute Gasteiger partial charge is 0.416 e. The van der Waals surface area contributed by atoms with Crippen LogP contribution in [0.3, 0.4) is 0 Å². The minimum absolute atomic E-state index is 0.130. The van der Waals surface area contributed by atoms with Crippen LogP contribution in [0, 0.1) is 0 Å². The molecule has 2 saturated heterocycles. The maximum absolute atomic E-state index is 12.2. The lowest BCUT2D eigenvalue weighted by Gasteiger charge is -2.34. The first kappa shape index (κ1) is 14.3. The van der Waals surface area contributed by atoms with Gasteiger partial charge in [0.25, 0.3) is 0 Å². The Bertz CT molecular complexity index is 329. The maximum atomic E-state index is 12.2. The van der Waals surface area contributed by atoms with E-state index in [1.54, 1.807) is 0 Å². The van der Waals surface area contributed by atoms with Gasteiger partial charge in [-0.1, -0.05) is 6.92 Å². The summed E-state index contributed by atoms with van der Waals surface area (Å²) in [6, 6.07) is 0.448. The third kappa shape index (κ3) is 3.67. The van der Waals surface area contributed by atoms with Gasteiger partial charge in [0.2, 0.25) is 5.91 Å². The molecule has 2 rings (SSSR count). The normalized spacial score (nSPS) is 20.9. The molecule has 2 heterocycles. The van der Waals surface area contributed by atoms with Gasteiger partial charge >= 0.3 is 6.09 Å². The highest BCUT2D eigenvalue weighted by atomic mass is 16.6. The van der Waals surface area contributed by atoms with Crippen molar-refractivity contribution in [2.24, 2.45) is 0 Å². The topological polar surface area (TPSA) is 61.9 Å². The van der Waals surface area contributed by atoms with Gasteiger partial charge in [0.1, 0.15) is 6.61 Å². The van der Waals surface area contributed by atoms with Crippen LogP contribution >= 0.6 is 0 Å². The van der Waals surface area contributed by atoms with Crippen LogP contribution in [0.15, 0.2) is 0 Å². The molecular weight excluding hydrogens is 246 g/mol. The molecule has 0 spiro atoms. The van der Waals surface area contributed by atoms with Gasteiger partial charge in [-0.15, -0.1) is 0 Å². The van der Waals surface area contributed by atoms with Gasteiger partial charge in [-0.05, 0) is 38.9 Å². The fourth-order valence-electron chi connectivity index (χ4n) is 2.73. The van der Waals surface area contributed by atoms with Crippen molar-refractivity contribution in [1.82, 2.24) is 15.1 Å². The molecule has 0 unspecified atom stereocenters. The van der Waals surface area contributed by atoms with E-state index in [-0.39, 0.29) is 5.91 Å². The number of cyclic esters (lactones) is 1. The number of carbonyl (C=O) groups excluding carboxylic acids is 2. The van der Waals surface area contributed by atoms with Crippen molar-refractivity contribution in [3.63, 3.8) is 0 Å². The van der Waals surface area contributed by atoms with Crippen molar-refractivity contribution >= 4 is 12.0 Å². The first-order valence-electron chi connectivity index (χ1n) is 7.14. The SMILES string of the molecule is CCCN(CC(=O)N1CCOC1=O)C1CCNCC1. The quantitative estimate of drug-likeness (QED) is 0.784. The monoisotopic (exact) mass is 269 g/mol. The molecule has 6 nitrogen and oxygen atoms in total. The Morgan fingerprint density at radius 1 is 1.47 bits per heavy atom. The molecule has 6 heteroatoms. The molecule has 0 radical (unpaired) electrons. The van der Waals surface area contributed by atoms with E-state index in [0.717, 1.165) is 38.9 Å². The van der Waals surface area contributed by atoms with Crippen LogP contribution in [0.1, 0.15) is 26.2 Å². The van der Waals surface area contributed by atoms with Gasteiger partial charge in [-0.25, -0.2) is 9.69 Å². The predicted molar refractivity (Wildman–Crippen MR) is 70.8 cm³/mol. The molecular formula is C13H23N3O3. The minimum atomic E-state index is -0.494. The van der Waals surface area contributed by atoms with E-state index in [1.165, 1.54) is 4.90 Å². The summed E-state index contributed by atoms with van der Waals surface area (Å²) < 4.78 is 4.81. The van der Waals surface area contributed by atoms with Crippen molar-refractivity contribution in [2.75, 3.05) is 39.3 Å². The van der Waals surface area contributed by atoms with Crippen molar-refractivity contribution in [3.8, 4) is 0 Å². The number of piperidine rings is 1. The largest absolute Gasteiger partial charge is 0.447 e. The molecule has 0 atom stereocenters. The average molecular weight is 269 g/mol. The molecule has 0 aliphatic carbocycles. The number of nitrogens with zero attached hydrogens (tertiary/aromatic N) is 2. The molecule has 0 aromatic heterocycles. The van der Waals surface area contributed by atoms with Crippen LogP contribution in [-0.2, 0) is 9.53 Å². The van der Waals surface area contributed by atoms with E-state index in [9.17, 15) is 9.59 Å². The second-order valence-corrected chi connectivity index (χ2v) is 5.11. The van der Waals surface area contributed by atoms with E-state index in [0.29, 0.717) is 25.7 Å². The fraction of sp³-hybridized carbons (Fsp3) is 0.846. The molecule has 2 amide bonds. The number of carbonyl (C=O) groups is 2. The van der Waals surface area contributed by atoms with Crippen LogP contribution in [0.4, 0.5) is 4.79 Å². The highest BCUT2D eigenvalue weighted by Crippen LogP contribution is 2.13. The minimum Gasteiger partial charge on any atom is -0.447 e. The van der Waals surface area contributed by atoms with Gasteiger partial charge in [-0.3, -0.25) is 9.69 Å². The zero-order chi connectivity index (χ0) is 13.7. The molecule has 19 heavy (non-hydrogen) atoms. The zero-order valence-corrected chi connectivity index (χ0v) is 11.6. The number of nitrogens with one attached hydrogen (secondary N) is 1. The third-order valence-corrected chi connectivity index (χ3v) is 3.74. The molecule has 2 fully saturated rings. The second kappa shape index (κ2) is 6.86. The summed E-state index contributed by atoms with van der Waals surface area (Å²) in [6.45, 7) is 6.07. The summed E-state index contributed by atoms with van der Waals surface area (Å²) in [5, 5.41) is 3.33. The molecule has 0 bridgehead atoms. The van der Waals surface area contributed by atoms with Crippen LogP contribution < -0.4 is 5.32 Å². The summed E-state index contributed by atoms with van der Waals surface area (Å²) in [5.74, 6) is -0.130. The fourth-order valence-corrected chi connectivity index (χ4v) is 2.73. The molecule has 1 N–H and O–H groups in total. The first-order chi connectivity index (χ1) is 9.22. The first-order valence-corrected chi connectivity index (χ1v) is 7.14. The highest BCUT2D eigenvalue weighted by molar-refractivity contribution is 5.94. The van der Waals surface area contributed by atoms with Crippen molar-refractivity contribution in [2.45, 2.75) is 32.2 Å². The van der Waals surface area contributed by atoms with Gasteiger partial charge in [0.15, 0.2) is 0 Å². The van der Waals surface area contributed by atoms with Gasteiger partial charge < -0.3 is 10.1 Å². The Hall–Kier alpha value is -1.14. The molecule has 0 saturated carbocycles. The Labute approximate surface area is 114 Å². The third-order valence-electron chi connectivity index (χ3n) is 3.74. The maximum Gasteiger partial charge on any atom is 0.416 e. The van der Waals surface area contributed by atoms with E-state index < -0.39 is 6.09 Å². The zero-order valence-electron chi connectivity index (χ0n) is 11.6. The van der Waals surface area contributed by atoms with Crippen molar-refractivity contribution < 1.29 is 14.3 Å². The lowest BCUT2D eigenvalue weighted by Crippen LogP contribution is -2.48. The van der Waals surface area contributed by atoms with Crippen LogP contribution in [0.2, 0.25) is 0 Å². The van der Waals surface area contributed by atoms with Crippen molar-refractivity contribution in [1.29, 1.82) is 0 Å². The number of ether oxygens (including phenoxy) is 1. The van der Waals surface area contributed by atoms with Gasteiger partial charge in [0, 0.05) is 6.04 Å². The Kier molecular flexibility index (Phi) is 5.15. The lowest BCUT2D eigenvalue weighted by molar-refractivity contribution is -0.129. The van der Waals surface area contributed by atoms with Gasteiger partial charge in [0.05, 0.1) is 13.1 Å². The Morgan fingerprint density at radius 3 is 2.79 bits per heavy atom. The molecule has 0 aromatic rings. The number of imide groups is 1. The van der Waals surface area contributed by atoms with E-state index >= 15 is 0 Å². The molecule has 0 aromatic carbocycles. The van der Waals surface area contributed by atoms with Crippen LogP contribution in [-0.4, -0.2) is 67.2 Å². The van der Waals surface area contributed by atoms with E-state index in [1.807, 2.05) is 0 Å². The average Bonchev–Trinajstić information content (AvgIpc) is 2.85. The Balaban J connectivity index is 1.91. The van der Waals surface area contributed by atoms with Crippen LogP contribution in [0.5, 0.6) is 0 Å². The standard InChI is InChI=1S/C13H23N3O3/c1-2-7-15(11-3-5-14-6-4-11)10-12(17)16-8-9-19-13(16)18/h11,14H,2-10H2,1H3. The van der Waals surface area contributed by atoms with E-state index in [2.05, 4.69) is 17.1 Å². The Morgan fingerprint density at radius 2 is 2.21 bits per heavy atom. The molecule has 108 valence electrons. The number of amides is 2. The van der Waals surface area contributed by atoms with Gasteiger partial charge in [-0.2, -0.15) is 0 Å². The summed E-state index contributed by atoms with van der Waals surface area (Å²) >= 11 is 0. The summed E-state index contributed by atoms with van der Waals surface area (Å²) in [4.78, 5) is 27.0. The van der Waals surface area contributed by atoms with Crippen LogP contribution in [0.25, 0.3) is 0 Å². The lowest BCUT2D eigenvalue weighted by atomic mass is 10.0. The number of hydrogen-bond acceptors (Lipinski definition) is 5. The molecule has 2 aliphatic heterocycles. The van der Waals surface area contributed by atoms with Crippen molar-refractivity contribution in [3.05, 3.63) is 0 Å². The molecule has 2 aliphatic rings. The van der Waals surface area contributed by atoms with E-state index in [4.69, 9.17) is 4.74 Å². The predicted octanol–water partition coefficient (Wildman–Crippen LogP) is 0.429. The second-order valence-electron chi connectivity index (χ2n) is 5.11. The summed E-state index contributed by atoms with van der Waals surface area (Å²) in [5.41, 5.74) is 0. The summed E-state index contributed by atoms with van der Waals surface area (Å²) in [7, 11) is 0. The summed E-state index contributed by atoms with van der Waals surface area (Å²) in [6.07, 6.45) is 2.66. The number of hydrogen-bond donors (Lipinski definition) is 1. The number of rotatable bonds is 5. The highest BCUT2D eigenvalue weighted by Gasteiger charge is 2.31.